The minimum Gasteiger partial charge on any atom is -0.314 e. The van der Waals surface area contributed by atoms with Gasteiger partial charge >= 0.3 is 0 Å². The van der Waals surface area contributed by atoms with Crippen LogP contribution in [0.25, 0.3) is 0 Å². The minimum atomic E-state index is -0.222. The largest absolute Gasteiger partial charge is 0.314 e. The molecule has 0 unspecified atom stereocenters. The molecule has 1 atom stereocenters. The van der Waals surface area contributed by atoms with Crippen LogP contribution in [0.4, 0.5) is 4.39 Å². The van der Waals surface area contributed by atoms with Crippen LogP contribution in [0.15, 0.2) is 29.0 Å². The average molecular weight is 325 g/mol. The Morgan fingerprint density at radius 2 is 2.05 bits per heavy atom. The Morgan fingerprint density at radius 3 is 2.71 bits per heavy atom. The second-order valence-electron chi connectivity index (χ2n) is 5.34. The Balaban J connectivity index is 2.09. The lowest BCUT2D eigenvalue weighted by Crippen LogP contribution is -2.45. The van der Waals surface area contributed by atoms with Gasteiger partial charge in [-0.2, -0.15) is 11.3 Å². The molecule has 1 N–H and O–H groups in total. The number of halogens is 2. The van der Waals surface area contributed by atoms with Crippen LogP contribution in [0, 0.1) is 12.7 Å². The molecule has 0 radical (unpaired) electrons. The van der Waals surface area contributed by atoms with Crippen molar-refractivity contribution in [3.63, 3.8) is 0 Å². The lowest BCUT2D eigenvalue weighted by atomic mass is 9.96. The van der Waals surface area contributed by atoms with Gasteiger partial charge in [-0.25, -0.2) is 4.39 Å². The maximum Gasteiger partial charge on any atom is 0.129 e. The van der Waals surface area contributed by atoms with Crippen LogP contribution in [-0.2, 0) is 0 Å². The second-order valence-corrected chi connectivity index (χ2v) is 6.50. The van der Waals surface area contributed by atoms with E-state index in [1.54, 1.807) is 17.4 Å². The second kappa shape index (κ2) is 6.44. The number of nitrogens with zero attached hydrogens (tertiary/aromatic N) is 1. The van der Waals surface area contributed by atoms with E-state index in [0.29, 0.717) is 10.6 Å². The molecule has 21 heavy (non-hydrogen) atoms. The molecule has 0 spiro atoms. The van der Waals surface area contributed by atoms with E-state index in [0.717, 1.165) is 37.3 Å². The Hall–Kier alpha value is -0.940. The lowest BCUT2D eigenvalue weighted by Gasteiger charge is -2.35. The molecule has 0 aliphatic carbocycles. The summed E-state index contributed by atoms with van der Waals surface area (Å²) in [7, 11) is 0. The van der Waals surface area contributed by atoms with Crippen molar-refractivity contribution in [1.82, 2.24) is 10.2 Å². The summed E-state index contributed by atoms with van der Waals surface area (Å²) in [4.78, 5) is 2.31. The fourth-order valence-corrected chi connectivity index (χ4v) is 3.80. The maximum atomic E-state index is 14.5. The number of nitrogens with one attached hydrogen (secondary N) is 1. The Kier molecular flexibility index (Phi) is 4.60. The molecular formula is C16H18ClFN2S. The fraction of sp³-hybridized carbons (Fsp3) is 0.375. The molecule has 2 heterocycles. The van der Waals surface area contributed by atoms with Crippen LogP contribution in [0.1, 0.15) is 22.7 Å². The third kappa shape index (κ3) is 2.99. The molecule has 2 nitrogen and oxygen atoms in total. The van der Waals surface area contributed by atoms with Crippen molar-refractivity contribution < 1.29 is 4.39 Å². The van der Waals surface area contributed by atoms with E-state index >= 15 is 0 Å². The average Bonchev–Trinajstić information content (AvgIpc) is 3.02. The summed E-state index contributed by atoms with van der Waals surface area (Å²) in [6, 6.07) is 5.22. The van der Waals surface area contributed by atoms with Crippen molar-refractivity contribution in [2.45, 2.75) is 13.0 Å². The molecule has 0 bridgehead atoms. The molecule has 0 amide bonds. The normalized spacial score (nSPS) is 17.9. The van der Waals surface area contributed by atoms with Crippen molar-refractivity contribution in [1.29, 1.82) is 0 Å². The van der Waals surface area contributed by atoms with Crippen LogP contribution >= 0.6 is 22.9 Å². The first kappa shape index (κ1) is 15.0. The van der Waals surface area contributed by atoms with Crippen molar-refractivity contribution in [2.75, 3.05) is 26.2 Å². The smallest absolute Gasteiger partial charge is 0.129 e. The van der Waals surface area contributed by atoms with Gasteiger partial charge in [-0.05, 0) is 40.9 Å². The van der Waals surface area contributed by atoms with Crippen molar-refractivity contribution in [3.05, 3.63) is 56.5 Å². The number of hydrogen-bond acceptors (Lipinski definition) is 3. The van der Waals surface area contributed by atoms with Crippen molar-refractivity contribution in [2.24, 2.45) is 0 Å². The first-order chi connectivity index (χ1) is 10.2. The highest BCUT2D eigenvalue weighted by molar-refractivity contribution is 7.08. The number of piperazine rings is 1. The van der Waals surface area contributed by atoms with E-state index in [-0.39, 0.29) is 11.9 Å². The SMILES string of the molecule is Cc1ccc(F)c([C@@H](c2ccsc2)N2CCNCC2)c1Cl. The molecule has 2 aromatic rings. The van der Waals surface area contributed by atoms with Crippen LogP contribution in [0.5, 0.6) is 0 Å². The summed E-state index contributed by atoms with van der Waals surface area (Å²) < 4.78 is 14.5. The molecule has 112 valence electrons. The van der Waals surface area contributed by atoms with Crippen LogP contribution < -0.4 is 5.32 Å². The zero-order chi connectivity index (χ0) is 14.8. The Labute approximate surface area is 133 Å². The van der Waals surface area contributed by atoms with Crippen molar-refractivity contribution in [3.8, 4) is 0 Å². The van der Waals surface area contributed by atoms with Gasteiger partial charge in [-0.15, -0.1) is 0 Å². The van der Waals surface area contributed by atoms with Gasteiger partial charge in [0.15, 0.2) is 0 Å². The predicted octanol–water partition coefficient (Wildman–Crippen LogP) is 3.84. The zero-order valence-electron chi connectivity index (χ0n) is 11.9. The third-order valence-corrected chi connectivity index (χ3v) is 5.17. The molecule has 1 aromatic heterocycles. The van der Waals surface area contributed by atoms with Gasteiger partial charge in [0.25, 0.3) is 0 Å². The van der Waals surface area contributed by atoms with Crippen LogP contribution in [0.2, 0.25) is 5.02 Å². The fourth-order valence-electron chi connectivity index (χ4n) is 2.86. The van der Waals surface area contributed by atoms with E-state index in [1.807, 2.05) is 12.3 Å². The molecule has 0 saturated carbocycles. The summed E-state index contributed by atoms with van der Waals surface area (Å²) in [6.07, 6.45) is 0. The molecule has 1 aliphatic rings. The monoisotopic (exact) mass is 324 g/mol. The van der Waals surface area contributed by atoms with Crippen molar-refractivity contribution >= 4 is 22.9 Å². The summed E-state index contributed by atoms with van der Waals surface area (Å²) in [5, 5.41) is 8.01. The zero-order valence-corrected chi connectivity index (χ0v) is 13.5. The van der Waals surface area contributed by atoms with Gasteiger partial charge in [-0.1, -0.05) is 17.7 Å². The molecule has 5 heteroatoms. The van der Waals surface area contributed by atoms with E-state index < -0.39 is 0 Å². The lowest BCUT2D eigenvalue weighted by molar-refractivity contribution is 0.195. The summed E-state index contributed by atoms with van der Waals surface area (Å²) in [5.74, 6) is -0.222. The minimum absolute atomic E-state index is 0.106. The Morgan fingerprint density at radius 1 is 1.29 bits per heavy atom. The molecule has 1 saturated heterocycles. The van der Waals surface area contributed by atoms with E-state index in [4.69, 9.17) is 11.6 Å². The van der Waals surface area contributed by atoms with Gasteiger partial charge in [0, 0.05) is 31.7 Å². The van der Waals surface area contributed by atoms with Gasteiger partial charge in [0.05, 0.1) is 11.1 Å². The topological polar surface area (TPSA) is 15.3 Å². The quantitative estimate of drug-likeness (QED) is 0.922. The number of thiophene rings is 1. The van der Waals surface area contributed by atoms with E-state index in [1.165, 1.54) is 6.07 Å². The molecular weight excluding hydrogens is 307 g/mol. The molecule has 1 aliphatic heterocycles. The summed E-state index contributed by atoms with van der Waals surface area (Å²) >= 11 is 8.09. The number of rotatable bonds is 3. The van der Waals surface area contributed by atoms with E-state index in [9.17, 15) is 4.39 Å². The predicted molar refractivity (Wildman–Crippen MR) is 86.8 cm³/mol. The third-order valence-electron chi connectivity index (χ3n) is 3.97. The maximum absolute atomic E-state index is 14.5. The number of benzene rings is 1. The van der Waals surface area contributed by atoms with Gasteiger partial charge in [0.1, 0.15) is 5.82 Å². The molecule has 1 aromatic carbocycles. The summed E-state index contributed by atoms with van der Waals surface area (Å²) in [6.45, 7) is 5.56. The molecule has 1 fully saturated rings. The standard InChI is InChI=1S/C16H18ClFN2S/c1-11-2-3-13(18)14(15(11)17)16(12-4-9-21-10-12)20-7-5-19-6-8-20/h2-4,9-10,16,19H,5-8H2,1H3/t16-/m1/s1. The van der Waals surface area contributed by atoms with Crippen LogP contribution in [0.3, 0.4) is 0 Å². The van der Waals surface area contributed by atoms with Crippen LogP contribution in [-0.4, -0.2) is 31.1 Å². The highest BCUT2D eigenvalue weighted by Crippen LogP contribution is 2.37. The first-order valence-electron chi connectivity index (χ1n) is 7.10. The van der Waals surface area contributed by atoms with E-state index in [2.05, 4.69) is 21.7 Å². The number of aryl methyl sites for hydroxylation is 1. The highest BCUT2D eigenvalue weighted by Gasteiger charge is 2.29. The summed E-state index contributed by atoms with van der Waals surface area (Å²) in [5.41, 5.74) is 2.65. The van der Waals surface area contributed by atoms with Gasteiger partial charge in [0.2, 0.25) is 0 Å². The highest BCUT2D eigenvalue weighted by atomic mass is 35.5. The number of hydrogen-bond donors (Lipinski definition) is 1. The first-order valence-corrected chi connectivity index (χ1v) is 8.42. The van der Waals surface area contributed by atoms with Gasteiger partial charge in [-0.3, -0.25) is 4.90 Å². The Bertz CT molecular complexity index is 609. The molecule has 3 rings (SSSR count). The van der Waals surface area contributed by atoms with Gasteiger partial charge < -0.3 is 5.32 Å².